The zero-order valence-corrected chi connectivity index (χ0v) is 36.9. The minimum absolute atomic E-state index is 0.0877. The minimum Gasteiger partial charge on any atom is -0.481 e. The van der Waals surface area contributed by atoms with Crippen molar-refractivity contribution >= 4 is 46.7 Å². The highest BCUT2D eigenvalue weighted by Gasteiger charge is 2.40. The van der Waals surface area contributed by atoms with E-state index in [0.717, 1.165) is 62.0 Å². The van der Waals surface area contributed by atoms with Gasteiger partial charge in [0.1, 0.15) is 16.7 Å². The zero-order chi connectivity index (χ0) is 43.2. The van der Waals surface area contributed by atoms with Crippen LogP contribution >= 0.6 is 11.3 Å². The molecule has 2 aromatic rings. The molecule has 5 N–H and O–H groups in total. The number of esters is 1. The molecule has 1 saturated heterocycles. The van der Waals surface area contributed by atoms with Crippen molar-refractivity contribution in [3.8, 4) is 0 Å². The fraction of sp³-hybridized carbons (Fsp3) is 0.674. The number of anilines is 1. The number of benzene rings is 1. The molecule has 2 heterocycles. The maximum absolute atomic E-state index is 14.7. The number of thiazole rings is 1. The van der Waals surface area contributed by atoms with E-state index >= 15 is 0 Å². The minimum atomic E-state index is -1.13. The van der Waals surface area contributed by atoms with Gasteiger partial charge in [-0.1, -0.05) is 72.4 Å². The van der Waals surface area contributed by atoms with Crippen LogP contribution in [0.25, 0.3) is 0 Å². The number of aliphatic carboxylic acids is 1. The molecule has 1 aromatic heterocycles. The van der Waals surface area contributed by atoms with E-state index in [1.807, 2.05) is 51.8 Å². The van der Waals surface area contributed by atoms with Crippen molar-refractivity contribution < 1.29 is 38.7 Å². The normalized spacial score (nSPS) is 17.4. The van der Waals surface area contributed by atoms with E-state index in [0.29, 0.717) is 23.5 Å². The van der Waals surface area contributed by atoms with Crippen LogP contribution in [-0.2, 0) is 35.2 Å². The van der Waals surface area contributed by atoms with Crippen LogP contribution in [0.15, 0.2) is 29.6 Å². The van der Waals surface area contributed by atoms with E-state index in [4.69, 9.17) is 15.3 Å². The molecule has 1 aliphatic rings. The van der Waals surface area contributed by atoms with Crippen molar-refractivity contribution in [2.24, 2.45) is 17.3 Å². The zero-order valence-electron chi connectivity index (χ0n) is 36.0. The van der Waals surface area contributed by atoms with Gasteiger partial charge in [-0.2, -0.15) is 0 Å². The largest absolute Gasteiger partial charge is 0.481 e. The number of rotatable bonds is 23. The SMILES string of the molecule is CCCCCON(C(=O)[C@@H](NC(=O)[C@H]1CCCCN1C)[C@@H](C)CC)[C@H](C[C@@H](OC(C)=O)c1nc(C(=O)N[C@@H](Cc2ccc(N)cc2)CC(C)(C)C(=O)O)cs1)C(C)C. The third-order valence-corrected chi connectivity index (χ3v) is 12.0. The number of piperidine rings is 1. The molecule has 3 rings (SSSR count). The van der Waals surface area contributed by atoms with Crippen molar-refractivity contribution in [1.29, 1.82) is 0 Å². The lowest BCUT2D eigenvalue weighted by Gasteiger charge is -2.39. The summed E-state index contributed by atoms with van der Waals surface area (Å²) in [7, 11) is 1.93. The Balaban J connectivity index is 1.94. The Labute approximate surface area is 348 Å². The first-order valence-corrected chi connectivity index (χ1v) is 21.7. The van der Waals surface area contributed by atoms with Gasteiger partial charge >= 0.3 is 11.9 Å². The van der Waals surface area contributed by atoms with Crippen molar-refractivity contribution in [3.63, 3.8) is 0 Å². The predicted molar refractivity (Wildman–Crippen MR) is 226 cm³/mol. The van der Waals surface area contributed by atoms with Crippen LogP contribution in [0.1, 0.15) is 140 Å². The highest BCUT2D eigenvalue weighted by molar-refractivity contribution is 7.09. The summed E-state index contributed by atoms with van der Waals surface area (Å²) in [5.74, 6) is -2.97. The summed E-state index contributed by atoms with van der Waals surface area (Å²) in [5.41, 5.74) is 6.30. The third kappa shape index (κ3) is 14.3. The van der Waals surface area contributed by atoms with Crippen molar-refractivity contribution in [2.45, 2.75) is 150 Å². The average Bonchev–Trinajstić information content (AvgIpc) is 3.67. The number of nitrogen functional groups attached to an aromatic ring is 1. The molecule has 58 heavy (non-hydrogen) atoms. The number of unbranched alkanes of at least 4 members (excludes halogenated alkanes) is 2. The molecular weight excluding hydrogens is 761 g/mol. The molecule has 1 fully saturated rings. The molecule has 0 saturated carbocycles. The van der Waals surface area contributed by atoms with Crippen LogP contribution in [0.2, 0.25) is 0 Å². The van der Waals surface area contributed by atoms with Gasteiger partial charge in [-0.05, 0) is 89.1 Å². The Kier molecular flexibility index (Phi) is 19.1. The summed E-state index contributed by atoms with van der Waals surface area (Å²) in [6.45, 7) is 15.5. The highest BCUT2D eigenvalue weighted by Crippen LogP contribution is 2.32. The van der Waals surface area contributed by atoms with E-state index in [2.05, 4.69) is 22.5 Å². The Bertz CT molecular complexity index is 1650. The number of ether oxygens (including phenoxy) is 1. The predicted octanol–water partition coefficient (Wildman–Crippen LogP) is 6.55. The number of nitrogens with zero attached hydrogens (tertiary/aromatic N) is 3. The summed E-state index contributed by atoms with van der Waals surface area (Å²) in [4.78, 5) is 79.8. The van der Waals surface area contributed by atoms with Crippen LogP contribution in [0.5, 0.6) is 0 Å². The highest BCUT2D eigenvalue weighted by atomic mass is 32.1. The molecule has 0 radical (unpaired) electrons. The molecule has 15 heteroatoms. The summed E-state index contributed by atoms with van der Waals surface area (Å²) in [5, 5.41) is 19.3. The molecule has 324 valence electrons. The second-order valence-electron chi connectivity index (χ2n) is 16.8. The lowest BCUT2D eigenvalue weighted by molar-refractivity contribution is -0.213. The first-order chi connectivity index (χ1) is 27.4. The third-order valence-electron chi connectivity index (χ3n) is 11.0. The summed E-state index contributed by atoms with van der Waals surface area (Å²) in [6.07, 6.45) is 5.61. The van der Waals surface area contributed by atoms with E-state index in [-0.39, 0.29) is 54.8 Å². The Morgan fingerprint density at radius 1 is 1.07 bits per heavy atom. The maximum Gasteiger partial charge on any atom is 0.309 e. The van der Waals surface area contributed by atoms with E-state index < -0.39 is 47.5 Å². The number of hydrogen-bond acceptors (Lipinski definition) is 11. The van der Waals surface area contributed by atoms with Gasteiger partial charge in [0.2, 0.25) is 5.91 Å². The topological polar surface area (TPSA) is 193 Å². The van der Waals surface area contributed by atoms with Gasteiger partial charge in [0.05, 0.1) is 24.1 Å². The lowest BCUT2D eigenvalue weighted by Crippen LogP contribution is -2.58. The Morgan fingerprint density at radius 3 is 2.34 bits per heavy atom. The average molecular weight is 829 g/mol. The van der Waals surface area contributed by atoms with Crippen molar-refractivity contribution in [3.05, 3.63) is 45.9 Å². The van der Waals surface area contributed by atoms with Gasteiger partial charge in [0.15, 0.2) is 6.10 Å². The number of amides is 3. The molecule has 0 aliphatic carbocycles. The van der Waals surface area contributed by atoms with Crippen molar-refractivity contribution in [1.82, 2.24) is 25.6 Å². The molecule has 6 atom stereocenters. The number of likely N-dealkylation sites (tertiary alicyclic amines) is 1. The van der Waals surface area contributed by atoms with Crippen LogP contribution in [0.4, 0.5) is 5.69 Å². The number of aromatic nitrogens is 1. The number of hydroxylamine groups is 2. The summed E-state index contributed by atoms with van der Waals surface area (Å²) < 4.78 is 5.86. The number of carboxylic acid groups (broad SMARTS) is 1. The summed E-state index contributed by atoms with van der Waals surface area (Å²) in [6, 6.07) is 4.85. The molecule has 1 aromatic carbocycles. The number of nitrogens with two attached hydrogens (primary N) is 1. The standard InChI is InChI=1S/C43H68N6O8S/c1-10-12-15-22-56-49(41(53)37(28(5)11-2)47-39(52)34-16-13-14-21-48(34)9)35(27(3)4)24-36(57-29(6)50)40-46-33(26-58-40)38(51)45-32(25-43(7,8)42(54)55)23-30-17-19-31(44)20-18-30/h17-20,26-28,32,34-37H,10-16,21-25,44H2,1-9H3,(H,45,51)(H,47,52)(H,54,55)/t28-,32-,34+,35+,36+,37-/m0/s1. The van der Waals surface area contributed by atoms with Crippen LogP contribution in [0, 0.1) is 17.3 Å². The molecule has 0 unspecified atom stereocenters. The van der Waals surface area contributed by atoms with Crippen molar-refractivity contribution in [2.75, 3.05) is 25.9 Å². The number of likely N-dealkylation sites (N-methyl/N-ethyl adjacent to an activating group) is 1. The first-order valence-electron chi connectivity index (χ1n) is 20.9. The molecular formula is C43H68N6O8S. The number of carbonyl (C=O) groups is 5. The van der Waals surface area contributed by atoms with E-state index in [9.17, 15) is 29.1 Å². The fourth-order valence-corrected chi connectivity index (χ4v) is 8.03. The maximum atomic E-state index is 14.7. The van der Waals surface area contributed by atoms with Gasteiger partial charge in [0, 0.05) is 30.5 Å². The first kappa shape index (κ1) is 48.3. The van der Waals surface area contributed by atoms with Gasteiger partial charge in [-0.15, -0.1) is 11.3 Å². The smallest absolute Gasteiger partial charge is 0.309 e. The molecule has 3 amide bonds. The van der Waals surface area contributed by atoms with E-state index in [1.54, 1.807) is 31.4 Å². The molecule has 0 spiro atoms. The quantitative estimate of drug-likeness (QED) is 0.0411. The van der Waals surface area contributed by atoms with Gasteiger partial charge in [0.25, 0.3) is 11.8 Å². The fourth-order valence-electron chi connectivity index (χ4n) is 7.19. The second kappa shape index (κ2) is 22.9. The number of carboxylic acids is 1. The van der Waals surface area contributed by atoms with Gasteiger partial charge in [-0.25, -0.2) is 10.0 Å². The number of nitrogens with one attached hydrogen (secondary N) is 2. The van der Waals surface area contributed by atoms with Crippen LogP contribution in [0.3, 0.4) is 0 Å². The van der Waals surface area contributed by atoms with Gasteiger partial charge < -0.3 is 26.2 Å². The molecule has 14 nitrogen and oxygen atoms in total. The second-order valence-corrected chi connectivity index (χ2v) is 17.7. The summed E-state index contributed by atoms with van der Waals surface area (Å²) >= 11 is 1.15. The van der Waals surface area contributed by atoms with Crippen LogP contribution < -0.4 is 16.4 Å². The van der Waals surface area contributed by atoms with Crippen LogP contribution in [-0.4, -0.2) is 94.1 Å². The Hall–Kier alpha value is -4.08. The monoisotopic (exact) mass is 828 g/mol. The Morgan fingerprint density at radius 2 is 1.76 bits per heavy atom. The number of carbonyl (C=O) groups excluding carboxylic acids is 4. The number of hydrogen-bond donors (Lipinski definition) is 4. The van der Waals surface area contributed by atoms with Gasteiger partial charge in [-0.3, -0.25) is 33.7 Å². The molecule has 1 aliphatic heterocycles. The lowest BCUT2D eigenvalue weighted by atomic mass is 9.84. The molecule has 0 bridgehead atoms. The van der Waals surface area contributed by atoms with E-state index in [1.165, 1.54) is 12.0 Å².